The summed E-state index contributed by atoms with van der Waals surface area (Å²) in [6.07, 6.45) is 2.05. The average Bonchev–Trinajstić information content (AvgIpc) is 3.17. The first-order chi connectivity index (χ1) is 11.4. The van der Waals surface area contributed by atoms with Crippen LogP contribution in [0, 0.1) is 6.92 Å². The van der Waals surface area contributed by atoms with Crippen LogP contribution in [0.1, 0.15) is 37.0 Å². The van der Waals surface area contributed by atoms with Crippen molar-refractivity contribution in [1.82, 2.24) is 19.7 Å². The molecule has 6 heteroatoms. The van der Waals surface area contributed by atoms with Gasteiger partial charge in [-0.25, -0.2) is 0 Å². The van der Waals surface area contributed by atoms with Crippen molar-refractivity contribution < 1.29 is 9.84 Å². The van der Waals surface area contributed by atoms with Gasteiger partial charge in [0.15, 0.2) is 0 Å². The predicted octanol–water partition coefficient (Wildman–Crippen LogP) is 2.00. The summed E-state index contributed by atoms with van der Waals surface area (Å²) in [5.74, 6) is 2.64. The molecule has 0 radical (unpaired) electrons. The molecule has 0 unspecified atom stereocenters. The monoisotopic (exact) mass is 330 g/mol. The number of aliphatic hydroxyl groups is 1. The van der Waals surface area contributed by atoms with E-state index in [2.05, 4.69) is 15.1 Å². The van der Waals surface area contributed by atoms with Gasteiger partial charge in [0.05, 0.1) is 13.7 Å². The smallest absolute Gasteiger partial charge is 0.146 e. The Bertz CT molecular complexity index is 694. The lowest BCUT2D eigenvalue weighted by Crippen LogP contribution is -2.45. The molecule has 1 aromatic heterocycles. The predicted molar refractivity (Wildman–Crippen MR) is 91.7 cm³/mol. The molecular formula is C18H26N4O2. The summed E-state index contributed by atoms with van der Waals surface area (Å²) in [4.78, 5) is 2.31. The summed E-state index contributed by atoms with van der Waals surface area (Å²) in [6, 6.07) is 7.75. The Morgan fingerprint density at radius 3 is 2.58 bits per heavy atom. The summed E-state index contributed by atoms with van der Waals surface area (Å²) < 4.78 is 7.22. The van der Waals surface area contributed by atoms with Crippen molar-refractivity contribution in [3.63, 3.8) is 0 Å². The summed E-state index contributed by atoms with van der Waals surface area (Å²) in [7, 11) is 3.63. The number of aromatic nitrogens is 3. The molecule has 0 amide bonds. The largest absolute Gasteiger partial charge is 0.497 e. The minimum Gasteiger partial charge on any atom is -0.497 e. The molecule has 24 heavy (non-hydrogen) atoms. The van der Waals surface area contributed by atoms with Crippen LogP contribution in [-0.2, 0) is 19.2 Å². The molecule has 3 rings (SSSR count). The minimum absolute atomic E-state index is 0.0582. The number of aryl methyl sites for hydroxylation is 1. The Morgan fingerprint density at radius 2 is 2.00 bits per heavy atom. The lowest BCUT2D eigenvalue weighted by molar-refractivity contribution is -0.0263. The Kier molecular flexibility index (Phi) is 4.60. The fraction of sp³-hybridized carbons (Fsp3) is 0.556. The Balaban J connectivity index is 1.81. The van der Waals surface area contributed by atoms with E-state index in [0.29, 0.717) is 6.54 Å². The standard InChI is InChI=1S/C18H26N4O2/c1-13-19-20-17(21(13)3)12-22-11-5-6-16(22)18(2,23)14-7-9-15(24-4)10-8-14/h7-10,16,23H,5-6,11-12H2,1-4H3/t16-,18+/m0/s1. The van der Waals surface area contributed by atoms with Crippen LogP contribution in [0.25, 0.3) is 0 Å². The molecular weight excluding hydrogens is 304 g/mol. The van der Waals surface area contributed by atoms with E-state index in [-0.39, 0.29) is 6.04 Å². The van der Waals surface area contributed by atoms with E-state index < -0.39 is 5.60 Å². The van der Waals surface area contributed by atoms with Gasteiger partial charge in [-0.05, 0) is 50.9 Å². The highest BCUT2D eigenvalue weighted by Crippen LogP contribution is 2.35. The first kappa shape index (κ1) is 16.9. The van der Waals surface area contributed by atoms with Gasteiger partial charge in [-0.3, -0.25) is 4.90 Å². The van der Waals surface area contributed by atoms with Crippen molar-refractivity contribution >= 4 is 0 Å². The van der Waals surface area contributed by atoms with Crippen LogP contribution >= 0.6 is 0 Å². The molecule has 0 bridgehead atoms. The molecule has 1 N–H and O–H groups in total. The lowest BCUT2D eigenvalue weighted by atomic mass is 9.86. The molecule has 1 aliphatic rings. The number of ether oxygens (including phenoxy) is 1. The molecule has 1 aromatic carbocycles. The van der Waals surface area contributed by atoms with Gasteiger partial charge in [-0.1, -0.05) is 12.1 Å². The molecule has 0 saturated carbocycles. The van der Waals surface area contributed by atoms with Crippen LogP contribution in [-0.4, -0.2) is 44.5 Å². The molecule has 2 heterocycles. The molecule has 1 fully saturated rings. The van der Waals surface area contributed by atoms with Crippen molar-refractivity contribution in [2.75, 3.05) is 13.7 Å². The van der Waals surface area contributed by atoms with Crippen LogP contribution in [0.3, 0.4) is 0 Å². The zero-order valence-corrected chi connectivity index (χ0v) is 14.9. The molecule has 6 nitrogen and oxygen atoms in total. The van der Waals surface area contributed by atoms with Crippen molar-refractivity contribution in [1.29, 1.82) is 0 Å². The van der Waals surface area contributed by atoms with Gasteiger partial charge in [0.2, 0.25) is 0 Å². The second kappa shape index (κ2) is 6.53. The fourth-order valence-corrected chi connectivity index (χ4v) is 3.54. The third-order valence-corrected chi connectivity index (χ3v) is 5.21. The third kappa shape index (κ3) is 3.03. The summed E-state index contributed by atoms with van der Waals surface area (Å²) in [6.45, 7) is 5.52. The quantitative estimate of drug-likeness (QED) is 0.908. The maximum absolute atomic E-state index is 11.2. The number of hydrogen-bond donors (Lipinski definition) is 1. The normalized spacial score (nSPS) is 21.0. The van der Waals surface area contributed by atoms with Crippen molar-refractivity contribution in [3.05, 3.63) is 41.5 Å². The van der Waals surface area contributed by atoms with E-state index in [1.807, 2.05) is 49.7 Å². The van der Waals surface area contributed by atoms with E-state index in [1.54, 1.807) is 7.11 Å². The summed E-state index contributed by atoms with van der Waals surface area (Å²) in [5, 5.41) is 19.6. The molecule has 130 valence electrons. The highest BCUT2D eigenvalue weighted by Gasteiger charge is 2.40. The van der Waals surface area contributed by atoms with Crippen LogP contribution in [0.4, 0.5) is 0 Å². The van der Waals surface area contributed by atoms with Crippen molar-refractivity contribution in [2.24, 2.45) is 7.05 Å². The van der Waals surface area contributed by atoms with E-state index in [0.717, 1.165) is 42.3 Å². The molecule has 1 saturated heterocycles. The number of nitrogens with zero attached hydrogens (tertiary/aromatic N) is 4. The highest BCUT2D eigenvalue weighted by molar-refractivity contribution is 5.31. The highest BCUT2D eigenvalue weighted by atomic mass is 16.5. The number of benzene rings is 1. The topological polar surface area (TPSA) is 63.4 Å². The van der Waals surface area contributed by atoms with E-state index >= 15 is 0 Å². The molecule has 1 aliphatic heterocycles. The fourth-order valence-electron chi connectivity index (χ4n) is 3.54. The number of rotatable bonds is 5. The average molecular weight is 330 g/mol. The molecule has 2 atom stereocenters. The Hall–Kier alpha value is -1.92. The Labute approximate surface area is 143 Å². The van der Waals surface area contributed by atoms with E-state index in [9.17, 15) is 5.11 Å². The van der Waals surface area contributed by atoms with Crippen LogP contribution in [0.5, 0.6) is 5.75 Å². The van der Waals surface area contributed by atoms with E-state index in [4.69, 9.17) is 4.74 Å². The first-order valence-electron chi connectivity index (χ1n) is 8.39. The van der Waals surface area contributed by atoms with Crippen LogP contribution in [0.15, 0.2) is 24.3 Å². The number of methoxy groups -OCH3 is 1. The van der Waals surface area contributed by atoms with Crippen LogP contribution < -0.4 is 4.74 Å². The van der Waals surface area contributed by atoms with Gasteiger partial charge in [-0.2, -0.15) is 0 Å². The van der Waals surface area contributed by atoms with Crippen LogP contribution in [0.2, 0.25) is 0 Å². The van der Waals surface area contributed by atoms with Gasteiger partial charge >= 0.3 is 0 Å². The second-order valence-corrected chi connectivity index (χ2v) is 6.73. The summed E-state index contributed by atoms with van der Waals surface area (Å²) >= 11 is 0. The molecule has 0 aliphatic carbocycles. The SMILES string of the molecule is COc1ccc([C@@](C)(O)[C@@H]2CCCN2Cc2nnc(C)n2C)cc1. The Morgan fingerprint density at radius 1 is 1.29 bits per heavy atom. The third-order valence-electron chi connectivity index (χ3n) is 5.21. The van der Waals surface area contributed by atoms with Gasteiger partial charge < -0.3 is 14.4 Å². The lowest BCUT2D eigenvalue weighted by Gasteiger charge is -2.36. The minimum atomic E-state index is -0.920. The number of hydrogen-bond acceptors (Lipinski definition) is 5. The van der Waals surface area contributed by atoms with Gasteiger partial charge in [0.1, 0.15) is 23.0 Å². The van der Waals surface area contributed by atoms with E-state index in [1.165, 1.54) is 0 Å². The van der Waals surface area contributed by atoms with Crippen molar-refractivity contribution in [2.45, 2.75) is 44.9 Å². The van der Waals surface area contributed by atoms with Crippen molar-refractivity contribution in [3.8, 4) is 5.75 Å². The first-order valence-corrected chi connectivity index (χ1v) is 8.39. The van der Waals surface area contributed by atoms with Gasteiger partial charge in [0.25, 0.3) is 0 Å². The second-order valence-electron chi connectivity index (χ2n) is 6.73. The summed E-state index contributed by atoms with van der Waals surface area (Å²) in [5.41, 5.74) is -0.00880. The maximum Gasteiger partial charge on any atom is 0.146 e. The number of likely N-dealkylation sites (tertiary alicyclic amines) is 1. The van der Waals surface area contributed by atoms with Gasteiger partial charge in [-0.15, -0.1) is 10.2 Å². The maximum atomic E-state index is 11.2. The molecule has 2 aromatic rings. The molecule has 0 spiro atoms. The van der Waals surface area contributed by atoms with Gasteiger partial charge in [0, 0.05) is 13.1 Å². The zero-order chi connectivity index (χ0) is 17.3. The zero-order valence-electron chi connectivity index (χ0n) is 14.9.